The number of pyridine rings is 1. The molecule has 4 heteroatoms. The van der Waals surface area contributed by atoms with Crippen molar-refractivity contribution in [1.29, 1.82) is 0 Å². The van der Waals surface area contributed by atoms with Crippen LogP contribution in [0.2, 0.25) is 0 Å². The zero-order valence-corrected chi connectivity index (χ0v) is 16.8. The molecule has 0 atom stereocenters. The first-order chi connectivity index (χ1) is 12.3. The van der Waals surface area contributed by atoms with Crippen molar-refractivity contribution in [3.8, 4) is 5.75 Å². The Morgan fingerprint density at radius 2 is 1.85 bits per heavy atom. The van der Waals surface area contributed by atoms with E-state index >= 15 is 0 Å². The minimum Gasteiger partial charge on any atom is -0.496 e. The molecule has 0 aliphatic carbocycles. The molecule has 0 fully saturated rings. The maximum Gasteiger partial charge on any atom is 0.222 e. The van der Waals surface area contributed by atoms with Gasteiger partial charge in [-0.1, -0.05) is 38.1 Å². The number of amides is 1. The topological polar surface area (TPSA) is 42.4 Å². The van der Waals surface area contributed by atoms with E-state index in [1.807, 2.05) is 20.9 Å². The van der Waals surface area contributed by atoms with Gasteiger partial charge >= 0.3 is 0 Å². The minimum absolute atomic E-state index is 0.124. The minimum atomic E-state index is 0.124. The lowest BCUT2D eigenvalue weighted by Crippen LogP contribution is -2.27. The number of hydrogen-bond donors (Lipinski definition) is 0. The summed E-state index contributed by atoms with van der Waals surface area (Å²) in [6.45, 7) is 8.82. The van der Waals surface area contributed by atoms with Crippen molar-refractivity contribution >= 4 is 5.91 Å². The summed E-state index contributed by atoms with van der Waals surface area (Å²) in [7, 11) is 3.50. The Kier molecular flexibility index (Phi) is 6.78. The summed E-state index contributed by atoms with van der Waals surface area (Å²) in [4.78, 5) is 18.7. The van der Waals surface area contributed by atoms with Gasteiger partial charge in [0.15, 0.2) is 0 Å². The van der Waals surface area contributed by atoms with Gasteiger partial charge in [-0.15, -0.1) is 0 Å². The van der Waals surface area contributed by atoms with Crippen LogP contribution in [0.5, 0.6) is 5.75 Å². The van der Waals surface area contributed by atoms with Crippen LogP contribution in [0.15, 0.2) is 30.5 Å². The largest absolute Gasteiger partial charge is 0.496 e. The van der Waals surface area contributed by atoms with Crippen LogP contribution in [-0.2, 0) is 17.8 Å². The Balaban J connectivity index is 1.95. The van der Waals surface area contributed by atoms with Gasteiger partial charge in [0.1, 0.15) is 5.75 Å². The summed E-state index contributed by atoms with van der Waals surface area (Å²) in [5, 5.41) is 0. The number of aryl methyl sites for hydroxylation is 2. The molecule has 0 aliphatic rings. The van der Waals surface area contributed by atoms with Crippen LogP contribution >= 0.6 is 0 Å². The van der Waals surface area contributed by atoms with E-state index in [2.05, 4.69) is 43.1 Å². The van der Waals surface area contributed by atoms with Crippen molar-refractivity contribution < 1.29 is 9.53 Å². The molecule has 0 aliphatic heterocycles. The van der Waals surface area contributed by atoms with Crippen LogP contribution in [-0.4, -0.2) is 29.9 Å². The number of carbonyl (C=O) groups is 1. The summed E-state index contributed by atoms with van der Waals surface area (Å²) >= 11 is 0. The molecule has 0 spiro atoms. The molecule has 2 aromatic rings. The second kappa shape index (κ2) is 8.84. The van der Waals surface area contributed by atoms with Crippen molar-refractivity contribution in [2.45, 2.75) is 53.0 Å². The van der Waals surface area contributed by atoms with Gasteiger partial charge in [-0.3, -0.25) is 9.78 Å². The van der Waals surface area contributed by atoms with Gasteiger partial charge in [-0.05, 0) is 37.3 Å². The third-order valence-electron chi connectivity index (χ3n) is 4.84. The van der Waals surface area contributed by atoms with E-state index < -0.39 is 0 Å². The summed E-state index contributed by atoms with van der Waals surface area (Å²) < 4.78 is 5.45. The first-order valence-electron chi connectivity index (χ1n) is 9.15. The zero-order valence-electron chi connectivity index (χ0n) is 16.8. The zero-order chi connectivity index (χ0) is 19.3. The first kappa shape index (κ1) is 20.0. The molecule has 0 unspecified atom stereocenters. The average molecular weight is 354 g/mol. The summed E-state index contributed by atoms with van der Waals surface area (Å²) in [5.74, 6) is 1.50. The SMILES string of the molecule is COc1c(C)cnc(CN(C)C(=O)CCc2ccc(C(C)C)cc2)c1C. The highest BCUT2D eigenvalue weighted by atomic mass is 16.5. The smallest absolute Gasteiger partial charge is 0.222 e. The van der Waals surface area contributed by atoms with E-state index in [0.29, 0.717) is 18.9 Å². The number of aromatic nitrogens is 1. The van der Waals surface area contributed by atoms with Crippen molar-refractivity contribution in [3.05, 3.63) is 58.4 Å². The van der Waals surface area contributed by atoms with Crippen LogP contribution in [0, 0.1) is 13.8 Å². The van der Waals surface area contributed by atoms with Gasteiger partial charge in [-0.25, -0.2) is 0 Å². The molecule has 26 heavy (non-hydrogen) atoms. The molecule has 1 heterocycles. The highest BCUT2D eigenvalue weighted by Crippen LogP contribution is 2.24. The molecule has 0 N–H and O–H groups in total. The summed E-state index contributed by atoms with van der Waals surface area (Å²) in [6, 6.07) is 8.55. The fraction of sp³-hybridized carbons (Fsp3) is 0.455. The molecular formula is C22H30N2O2. The lowest BCUT2D eigenvalue weighted by Gasteiger charge is -2.19. The standard InChI is InChI=1S/C22H30N2O2/c1-15(2)19-10-7-18(8-11-19)9-12-21(25)24(5)14-20-17(4)22(26-6)16(3)13-23-20/h7-8,10-11,13,15H,9,12,14H2,1-6H3. The van der Waals surface area contributed by atoms with Gasteiger partial charge < -0.3 is 9.64 Å². The van der Waals surface area contributed by atoms with Crippen molar-refractivity contribution in [2.75, 3.05) is 14.2 Å². The van der Waals surface area contributed by atoms with Gasteiger partial charge in [0, 0.05) is 30.8 Å². The Hall–Kier alpha value is -2.36. The van der Waals surface area contributed by atoms with Crippen LogP contribution in [0.4, 0.5) is 0 Å². The van der Waals surface area contributed by atoms with E-state index in [4.69, 9.17) is 4.74 Å². The van der Waals surface area contributed by atoms with E-state index in [-0.39, 0.29) is 5.91 Å². The number of ether oxygens (including phenoxy) is 1. The van der Waals surface area contributed by atoms with Crippen LogP contribution in [0.25, 0.3) is 0 Å². The van der Waals surface area contributed by atoms with Crippen LogP contribution in [0.3, 0.4) is 0 Å². The monoisotopic (exact) mass is 354 g/mol. The Morgan fingerprint density at radius 1 is 1.19 bits per heavy atom. The van der Waals surface area contributed by atoms with Gasteiger partial charge in [-0.2, -0.15) is 0 Å². The quantitative estimate of drug-likeness (QED) is 0.739. The Morgan fingerprint density at radius 3 is 2.42 bits per heavy atom. The lowest BCUT2D eigenvalue weighted by molar-refractivity contribution is -0.130. The van der Waals surface area contributed by atoms with E-state index in [1.54, 1.807) is 18.2 Å². The molecule has 1 amide bonds. The summed E-state index contributed by atoms with van der Waals surface area (Å²) in [5.41, 5.74) is 5.41. The van der Waals surface area contributed by atoms with E-state index in [9.17, 15) is 4.79 Å². The second-order valence-corrected chi connectivity index (χ2v) is 7.19. The number of benzene rings is 1. The Bertz CT molecular complexity index is 751. The van der Waals surface area contributed by atoms with Crippen LogP contribution < -0.4 is 4.74 Å². The fourth-order valence-corrected chi connectivity index (χ4v) is 3.05. The third kappa shape index (κ3) is 4.84. The summed E-state index contributed by atoms with van der Waals surface area (Å²) in [6.07, 6.45) is 3.06. The van der Waals surface area contributed by atoms with Crippen molar-refractivity contribution in [1.82, 2.24) is 9.88 Å². The third-order valence-corrected chi connectivity index (χ3v) is 4.84. The average Bonchev–Trinajstić information content (AvgIpc) is 2.62. The molecular weight excluding hydrogens is 324 g/mol. The number of hydrogen-bond acceptors (Lipinski definition) is 3. The van der Waals surface area contributed by atoms with Gasteiger partial charge in [0.25, 0.3) is 0 Å². The van der Waals surface area contributed by atoms with Gasteiger partial charge in [0.05, 0.1) is 19.3 Å². The molecule has 140 valence electrons. The van der Waals surface area contributed by atoms with Crippen molar-refractivity contribution in [3.63, 3.8) is 0 Å². The number of rotatable bonds is 7. The molecule has 1 aromatic carbocycles. The van der Waals surface area contributed by atoms with E-state index in [1.165, 1.54) is 11.1 Å². The normalized spacial score (nSPS) is 10.9. The molecule has 2 rings (SSSR count). The molecule has 0 bridgehead atoms. The van der Waals surface area contributed by atoms with Crippen LogP contribution in [0.1, 0.15) is 54.1 Å². The number of methoxy groups -OCH3 is 1. The fourth-order valence-electron chi connectivity index (χ4n) is 3.05. The highest BCUT2D eigenvalue weighted by Gasteiger charge is 2.15. The molecule has 4 nitrogen and oxygen atoms in total. The molecule has 1 aromatic heterocycles. The number of nitrogens with zero attached hydrogens (tertiary/aromatic N) is 2. The second-order valence-electron chi connectivity index (χ2n) is 7.19. The van der Waals surface area contributed by atoms with Crippen molar-refractivity contribution in [2.24, 2.45) is 0 Å². The molecule has 0 saturated carbocycles. The number of carbonyl (C=O) groups excluding carboxylic acids is 1. The molecule has 0 radical (unpaired) electrons. The Labute approximate surface area is 157 Å². The predicted molar refractivity (Wildman–Crippen MR) is 106 cm³/mol. The predicted octanol–water partition coefficient (Wildman–Crippen LogP) is 4.42. The molecule has 0 saturated heterocycles. The lowest BCUT2D eigenvalue weighted by atomic mass is 10.0. The maximum absolute atomic E-state index is 12.5. The van der Waals surface area contributed by atoms with Gasteiger partial charge in [0.2, 0.25) is 5.91 Å². The van der Waals surface area contributed by atoms with E-state index in [0.717, 1.165) is 29.0 Å². The first-order valence-corrected chi connectivity index (χ1v) is 9.15. The maximum atomic E-state index is 12.5. The highest BCUT2D eigenvalue weighted by molar-refractivity contribution is 5.76.